The minimum absolute atomic E-state index is 0.603. The van der Waals surface area contributed by atoms with Crippen LogP contribution in [-0.4, -0.2) is 0 Å². The van der Waals surface area contributed by atoms with Gasteiger partial charge >= 0.3 is 0 Å². The molecule has 0 saturated heterocycles. The smallest absolute Gasteiger partial charge is 0.0166 e. The van der Waals surface area contributed by atoms with Crippen LogP contribution in [0.2, 0.25) is 0 Å². The fourth-order valence-corrected chi connectivity index (χ4v) is 1.03. The summed E-state index contributed by atoms with van der Waals surface area (Å²) < 4.78 is 0. The van der Waals surface area contributed by atoms with Gasteiger partial charge in [0.2, 0.25) is 0 Å². The van der Waals surface area contributed by atoms with Crippen LogP contribution in [0, 0.1) is 5.92 Å². The van der Waals surface area contributed by atoms with Crippen molar-refractivity contribution in [1.29, 1.82) is 0 Å². The van der Waals surface area contributed by atoms with E-state index in [4.69, 9.17) is 0 Å². The molecule has 0 bridgehead atoms. The highest BCUT2D eigenvalue weighted by atomic mass is 14.1. The summed E-state index contributed by atoms with van der Waals surface area (Å²) in [6.07, 6.45) is 6.20. The zero-order chi connectivity index (χ0) is 9.56. The standard InChI is InChI=1S/C12H20/c1-6-8-9-11(4)12(5)10(3)7-2/h6,9-10H,1,5,7-8H2,2-4H3. The maximum atomic E-state index is 4.08. The number of allylic oxidation sites excluding steroid dienone is 4. The van der Waals surface area contributed by atoms with Crippen molar-refractivity contribution in [3.63, 3.8) is 0 Å². The molecule has 0 nitrogen and oxygen atoms in total. The van der Waals surface area contributed by atoms with Gasteiger partial charge in [0, 0.05) is 0 Å². The first-order valence-corrected chi connectivity index (χ1v) is 4.60. The van der Waals surface area contributed by atoms with Crippen LogP contribution in [0.5, 0.6) is 0 Å². The molecule has 0 saturated carbocycles. The number of hydrogen-bond donors (Lipinski definition) is 0. The van der Waals surface area contributed by atoms with E-state index >= 15 is 0 Å². The van der Waals surface area contributed by atoms with E-state index in [0.717, 1.165) is 12.8 Å². The normalized spacial score (nSPS) is 14.1. The van der Waals surface area contributed by atoms with Gasteiger partial charge in [0.1, 0.15) is 0 Å². The fraction of sp³-hybridized carbons (Fsp3) is 0.500. The molecule has 0 heterocycles. The van der Waals surface area contributed by atoms with E-state index in [2.05, 4.69) is 40.0 Å². The third-order valence-corrected chi connectivity index (χ3v) is 2.30. The van der Waals surface area contributed by atoms with Gasteiger partial charge in [-0.3, -0.25) is 0 Å². The minimum Gasteiger partial charge on any atom is -0.103 e. The van der Waals surface area contributed by atoms with Crippen LogP contribution >= 0.6 is 0 Å². The quantitative estimate of drug-likeness (QED) is 0.423. The van der Waals surface area contributed by atoms with Gasteiger partial charge in [-0.2, -0.15) is 0 Å². The molecule has 0 radical (unpaired) electrons. The van der Waals surface area contributed by atoms with E-state index in [0.29, 0.717) is 5.92 Å². The Hall–Kier alpha value is -0.780. The second-order valence-corrected chi connectivity index (χ2v) is 3.25. The van der Waals surface area contributed by atoms with Crippen LogP contribution in [0.3, 0.4) is 0 Å². The third-order valence-electron chi connectivity index (χ3n) is 2.30. The van der Waals surface area contributed by atoms with Crippen molar-refractivity contribution >= 4 is 0 Å². The highest BCUT2D eigenvalue weighted by molar-refractivity contribution is 5.28. The van der Waals surface area contributed by atoms with Crippen LogP contribution in [-0.2, 0) is 0 Å². The first kappa shape index (κ1) is 11.2. The lowest BCUT2D eigenvalue weighted by Gasteiger charge is -2.12. The molecule has 0 aromatic heterocycles. The van der Waals surface area contributed by atoms with E-state index in [9.17, 15) is 0 Å². The Morgan fingerprint density at radius 2 is 2.08 bits per heavy atom. The van der Waals surface area contributed by atoms with Gasteiger partial charge in [-0.15, -0.1) is 6.58 Å². The van der Waals surface area contributed by atoms with Crippen LogP contribution in [0.1, 0.15) is 33.6 Å². The predicted octanol–water partition coefficient (Wildman–Crippen LogP) is 4.11. The average molecular weight is 164 g/mol. The first-order chi connectivity index (χ1) is 5.63. The number of rotatable bonds is 5. The zero-order valence-corrected chi connectivity index (χ0v) is 8.56. The molecule has 0 rings (SSSR count). The van der Waals surface area contributed by atoms with Crippen LogP contribution < -0.4 is 0 Å². The van der Waals surface area contributed by atoms with Crippen LogP contribution in [0.15, 0.2) is 36.5 Å². The molecule has 0 aromatic rings. The van der Waals surface area contributed by atoms with Gasteiger partial charge in [0.15, 0.2) is 0 Å². The SMILES string of the molecule is C=CCC=C(C)C(=C)C(C)CC. The Balaban J connectivity index is 4.17. The summed E-state index contributed by atoms with van der Waals surface area (Å²) in [6, 6.07) is 0. The minimum atomic E-state index is 0.603. The maximum Gasteiger partial charge on any atom is -0.0166 e. The first-order valence-electron chi connectivity index (χ1n) is 4.60. The van der Waals surface area contributed by atoms with Gasteiger partial charge < -0.3 is 0 Å². The highest BCUT2D eigenvalue weighted by Crippen LogP contribution is 2.20. The van der Waals surface area contributed by atoms with Crippen LogP contribution in [0.25, 0.3) is 0 Å². The molecule has 0 fully saturated rings. The Labute approximate surface area is 76.7 Å². The van der Waals surface area contributed by atoms with Gasteiger partial charge in [-0.05, 0) is 31.3 Å². The van der Waals surface area contributed by atoms with E-state index < -0.39 is 0 Å². The van der Waals surface area contributed by atoms with E-state index in [-0.39, 0.29) is 0 Å². The number of hydrogen-bond acceptors (Lipinski definition) is 0. The van der Waals surface area contributed by atoms with Gasteiger partial charge in [0.25, 0.3) is 0 Å². The lowest BCUT2D eigenvalue weighted by molar-refractivity contribution is 0.664. The molecule has 0 heteroatoms. The average Bonchev–Trinajstić information content (AvgIpc) is 2.11. The van der Waals surface area contributed by atoms with Gasteiger partial charge in [-0.25, -0.2) is 0 Å². The summed E-state index contributed by atoms with van der Waals surface area (Å²) in [5.74, 6) is 0.603. The van der Waals surface area contributed by atoms with Crippen molar-refractivity contribution < 1.29 is 0 Å². The molecule has 0 N–H and O–H groups in total. The fourth-order valence-electron chi connectivity index (χ4n) is 1.03. The van der Waals surface area contributed by atoms with E-state index in [1.165, 1.54) is 11.1 Å². The van der Waals surface area contributed by atoms with Crippen molar-refractivity contribution in [2.45, 2.75) is 33.6 Å². The lowest BCUT2D eigenvalue weighted by Crippen LogP contribution is -1.97. The summed E-state index contributed by atoms with van der Waals surface area (Å²) in [7, 11) is 0. The topological polar surface area (TPSA) is 0 Å². The second-order valence-electron chi connectivity index (χ2n) is 3.25. The Morgan fingerprint density at radius 3 is 2.50 bits per heavy atom. The monoisotopic (exact) mass is 164 g/mol. The summed E-state index contributed by atoms with van der Waals surface area (Å²) in [5, 5.41) is 0. The van der Waals surface area contributed by atoms with E-state index in [1.807, 2.05) is 6.08 Å². The summed E-state index contributed by atoms with van der Waals surface area (Å²) >= 11 is 0. The molecule has 0 aliphatic heterocycles. The molecule has 1 atom stereocenters. The maximum absolute atomic E-state index is 4.08. The molecular weight excluding hydrogens is 144 g/mol. The van der Waals surface area contributed by atoms with Gasteiger partial charge in [0.05, 0.1) is 0 Å². The van der Waals surface area contributed by atoms with Crippen molar-refractivity contribution in [3.05, 3.63) is 36.5 Å². The van der Waals surface area contributed by atoms with Crippen molar-refractivity contribution in [2.24, 2.45) is 5.92 Å². The van der Waals surface area contributed by atoms with Crippen molar-refractivity contribution in [1.82, 2.24) is 0 Å². The summed E-state index contributed by atoms with van der Waals surface area (Å²) in [4.78, 5) is 0. The lowest BCUT2D eigenvalue weighted by atomic mass is 9.94. The molecule has 0 aliphatic rings. The molecule has 0 aliphatic carbocycles. The molecule has 1 unspecified atom stereocenters. The molecule has 0 aromatic carbocycles. The van der Waals surface area contributed by atoms with Gasteiger partial charge in [-0.1, -0.05) is 38.2 Å². The molecule has 12 heavy (non-hydrogen) atoms. The third kappa shape index (κ3) is 3.56. The highest BCUT2D eigenvalue weighted by Gasteiger charge is 2.04. The largest absolute Gasteiger partial charge is 0.103 e. The zero-order valence-electron chi connectivity index (χ0n) is 8.56. The summed E-state index contributed by atoms with van der Waals surface area (Å²) in [5.41, 5.74) is 2.57. The molecule has 0 amide bonds. The Kier molecular flexibility index (Phi) is 5.44. The molecule has 68 valence electrons. The predicted molar refractivity (Wildman–Crippen MR) is 57.2 cm³/mol. The van der Waals surface area contributed by atoms with Crippen molar-refractivity contribution in [3.8, 4) is 0 Å². The molecular formula is C12H20. The summed E-state index contributed by atoms with van der Waals surface area (Å²) in [6.45, 7) is 14.3. The molecule has 0 spiro atoms. The Morgan fingerprint density at radius 1 is 1.50 bits per heavy atom. The van der Waals surface area contributed by atoms with Crippen LogP contribution in [0.4, 0.5) is 0 Å². The van der Waals surface area contributed by atoms with E-state index in [1.54, 1.807) is 0 Å². The van der Waals surface area contributed by atoms with Crippen molar-refractivity contribution in [2.75, 3.05) is 0 Å². The Bertz CT molecular complexity index is 184. The second kappa shape index (κ2) is 5.82.